The average Bonchev–Trinajstić information content (AvgIpc) is 2.70. The van der Waals surface area contributed by atoms with E-state index < -0.39 is 37.5 Å². The highest BCUT2D eigenvalue weighted by Gasteiger charge is 2.14. The Morgan fingerprint density at radius 2 is 1.80 bits per heavy atom. The third kappa shape index (κ3) is 7.67. The van der Waals surface area contributed by atoms with Gasteiger partial charge in [-0.2, -0.15) is 8.78 Å². The molecule has 0 bridgehead atoms. The van der Waals surface area contributed by atoms with E-state index in [2.05, 4.69) is 15.4 Å². The number of ether oxygens (including phenoxy) is 2. The molecule has 0 aliphatic heterocycles. The van der Waals surface area contributed by atoms with Crippen LogP contribution in [0.4, 0.5) is 8.78 Å². The lowest BCUT2D eigenvalue weighted by Gasteiger charge is -2.14. The lowest BCUT2D eigenvalue weighted by atomic mass is 10.1. The zero-order chi connectivity index (χ0) is 22.1. The van der Waals surface area contributed by atoms with Crippen molar-refractivity contribution >= 4 is 29.4 Å². The van der Waals surface area contributed by atoms with Crippen LogP contribution in [0.3, 0.4) is 0 Å². The monoisotopic (exact) mass is 440 g/mol. The van der Waals surface area contributed by atoms with Gasteiger partial charge in [0.1, 0.15) is 12.3 Å². The summed E-state index contributed by atoms with van der Waals surface area (Å²) in [4.78, 5) is 35.6. The predicted molar refractivity (Wildman–Crippen MR) is 104 cm³/mol. The Kier molecular flexibility index (Phi) is 8.54. The largest absolute Gasteiger partial charge is 0.454 e. The third-order valence-electron chi connectivity index (χ3n) is 3.83. The van der Waals surface area contributed by atoms with Crippen LogP contribution in [0.15, 0.2) is 48.5 Å². The predicted octanol–water partition coefficient (Wildman–Crippen LogP) is 3.09. The molecule has 160 valence electrons. The number of rotatable bonds is 9. The van der Waals surface area contributed by atoms with Gasteiger partial charge in [0, 0.05) is 10.6 Å². The van der Waals surface area contributed by atoms with Gasteiger partial charge in [-0.3, -0.25) is 14.4 Å². The molecule has 1 atom stereocenters. The summed E-state index contributed by atoms with van der Waals surface area (Å²) in [5, 5.41) is 5.51. The Morgan fingerprint density at radius 1 is 1.10 bits per heavy atom. The van der Waals surface area contributed by atoms with Crippen molar-refractivity contribution < 1.29 is 32.6 Å². The first kappa shape index (κ1) is 23.1. The molecule has 0 radical (unpaired) electrons. The average molecular weight is 441 g/mol. The molecule has 0 spiro atoms. The molecule has 30 heavy (non-hydrogen) atoms. The molecule has 2 aromatic carbocycles. The molecular weight excluding hydrogens is 422 g/mol. The summed E-state index contributed by atoms with van der Waals surface area (Å²) in [5.74, 6) is -2.23. The third-order valence-corrected chi connectivity index (χ3v) is 4.08. The number of carbonyl (C=O) groups is 3. The summed E-state index contributed by atoms with van der Waals surface area (Å²) in [6, 6.07) is 11.7. The van der Waals surface area contributed by atoms with Gasteiger partial charge >= 0.3 is 12.6 Å². The summed E-state index contributed by atoms with van der Waals surface area (Å²) in [5.41, 5.74) is 0.847. The fraction of sp³-hybridized carbons (Fsp3) is 0.250. The van der Waals surface area contributed by atoms with Gasteiger partial charge in [0.05, 0.1) is 6.04 Å². The second-order valence-corrected chi connectivity index (χ2v) is 6.53. The van der Waals surface area contributed by atoms with Gasteiger partial charge in [0.15, 0.2) is 6.61 Å². The highest BCUT2D eigenvalue weighted by atomic mass is 35.5. The Bertz CT molecular complexity index is 893. The van der Waals surface area contributed by atoms with Crippen LogP contribution in [0.5, 0.6) is 5.75 Å². The van der Waals surface area contributed by atoms with Crippen molar-refractivity contribution in [2.24, 2.45) is 0 Å². The van der Waals surface area contributed by atoms with Crippen molar-refractivity contribution in [3.63, 3.8) is 0 Å². The first-order valence-corrected chi connectivity index (χ1v) is 9.16. The summed E-state index contributed by atoms with van der Waals surface area (Å²) < 4.78 is 33.5. The van der Waals surface area contributed by atoms with Crippen molar-refractivity contribution in [3.8, 4) is 5.75 Å². The normalized spacial score (nSPS) is 11.5. The van der Waals surface area contributed by atoms with Crippen LogP contribution in [0.1, 0.15) is 28.9 Å². The first-order chi connectivity index (χ1) is 14.2. The van der Waals surface area contributed by atoms with Gasteiger partial charge < -0.3 is 20.1 Å². The molecule has 10 heteroatoms. The number of esters is 1. The second kappa shape index (κ2) is 11.1. The molecule has 0 saturated heterocycles. The van der Waals surface area contributed by atoms with Crippen LogP contribution < -0.4 is 15.4 Å². The molecule has 0 aliphatic carbocycles. The molecule has 0 fully saturated rings. The van der Waals surface area contributed by atoms with Crippen LogP contribution in [0, 0.1) is 0 Å². The smallest absolute Gasteiger partial charge is 0.387 e. The zero-order valence-corrected chi connectivity index (χ0v) is 16.6. The quantitative estimate of drug-likeness (QED) is 0.584. The molecule has 0 aliphatic rings. The Balaban J connectivity index is 1.74. The Morgan fingerprint density at radius 3 is 2.47 bits per heavy atom. The first-order valence-electron chi connectivity index (χ1n) is 8.78. The summed E-state index contributed by atoms with van der Waals surface area (Å²) in [6.07, 6.45) is 0. The van der Waals surface area contributed by atoms with Crippen LogP contribution in [-0.4, -0.2) is 37.5 Å². The van der Waals surface area contributed by atoms with E-state index in [0.717, 1.165) is 11.6 Å². The van der Waals surface area contributed by atoms with Crippen LogP contribution in [0.2, 0.25) is 5.02 Å². The maximum atomic E-state index is 12.2. The van der Waals surface area contributed by atoms with E-state index in [0.29, 0.717) is 5.02 Å². The van der Waals surface area contributed by atoms with Gasteiger partial charge in [0.2, 0.25) is 0 Å². The molecule has 0 aromatic heterocycles. The number of hydrogen-bond donors (Lipinski definition) is 2. The Labute approximate surface area is 176 Å². The van der Waals surface area contributed by atoms with Crippen LogP contribution in [-0.2, 0) is 14.3 Å². The number of alkyl halides is 2. The van der Waals surface area contributed by atoms with Crippen molar-refractivity contribution in [2.75, 3.05) is 13.2 Å². The SMILES string of the molecule is C[C@H](NC(=O)COC(=O)CNC(=O)c1cccc(OC(F)F)c1)c1ccc(Cl)cc1. The standard InChI is InChI=1S/C20H19ClF2N2O5/c1-12(13-5-7-15(21)8-6-13)25-17(26)11-29-18(27)10-24-19(28)14-3-2-4-16(9-14)30-20(22)23/h2-9,12,20H,10-11H2,1H3,(H,24,28)(H,25,26)/t12-/m0/s1. The van der Waals surface area contributed by atoms with E-state index in [9.17, 15) is 23.2 Å². The highest BCUT2D eigenvalue weighted by molar-refractivity contribution is 6.30. The van der Waals surface area contributed by atoms with Crippen LogP contribution in [0.25, 0.3) is 0 Å². The zero-order valence-electron chi connectivity index (χ0n) is 15.9. The van der Waals surface area contributed by atoms with E-state index in [1.807, 2.05) is 0 Å². The van der Waals surface area contributed by atoms with E-state index in [1.165, 1.54) is 18.2 Å². The van der Waals surface area contributed by atoms with Gasteiger partial charge in [0.25, 0.3) is 11.8 Å². The minimum absolute atomic E-state index is 0.0236. The van der Waals surface area contributed by atoms with E-state index in [4.69, 9.17) is 16.3 Å². The minimum atomic E-state index is -3.02. The lowest BCUT2D eigenvalue weighted by Crippen LogP contribution is -2.34. The molecule has 2 amide bonds. The van der Waals surface area contributed by atoms with Crippen LogP contribution >= 0.6 is 11.6 Å². The van der Waals surface area contributed by atoms with E-state index in [1.54, 1.807) is 31.2 Å². The minimum Gasteiger partial charge on any atom is -0.454 e. The number of carbonyl (C=O) groups excluding carboxylic acids is 3. The molecule has 0 saturated carbocycles. The van der Waals surface area contributed by atoms with Crippen molar-refractivity contribution in [3.05, 3.63) is 64.7 Å². The number of nitrogens with one attached hydrogen (secondary N) is 2. The molecule has 7 nitrogen and oxygen atoms in total. The number of benzene rings is 2. The maximum absolute atomic E-state index is 12.2. The van der Waals surface area contributed by atoms with Gasteiger partial charge in [-0.05, 0) is 42.8 Å². The number of hydrogen-bond acceptors (Lipinski definition) is 5. The molecule has 2 rings (SSSR count). The molecule has 2 N–H and O–H groups in total. The van der Waals surface area contributed by atoms with Gasteiger partial charge in [-0.15, -0.1) is 0 Å². The second-order valence-electron chi connectivity index (χ2n) is 6.09. The van der Waals surface area contributed by atoms with E-state index >= 15 is 0 Å². The highest BCUT2D eigenvalue weighted by Crippen LogP contribution is 2.16. The Hall–Kier alpha value is -3.20. The molecule has 0 unspecified atom stereocenters. The van der Waals surface area contributed by atoms with E-state index in [-0.39, 0.29) is 17.4 Å². The van der Waals surface area contributed by atoms with Crippen molar-refractivity contribution in [1.29, 1.82) is 0 Å². The molecule has 0 heterocycles. The lowest BCUT2D eigenvalue weighted by molar-refractivity contribution is -0.147. The molecular formula is C20H19ClF2N2O5. The fourth-order valence-corrected chi connectivity index (χ4v) is 2.51. The molecule has 2 aromatic rings. The number of amides is 2. The summed E-state index contributed by atoms with van der Waals surface area (Å²) >= 11 is 5.81. The topological polar surface area (TPSA) is 93.7 Å². The summed E-state index contributed by atoms with van der Waals surface area (Å²) in [6.45, 7) is -2.29. The van der Waals surface area contributed by atoms with Gasteiger partial charge in [-0.1, -0.05) is 29.8 Å². The number of halogens is 3. The maximum Gasteiger partial charge on any atom is 0.387 e. The summed E-state index contributed by atoms with van der Waals surface area (Å²) in [7, 11) is 0. The fourth-order valence-electron chi connectivity index (χ4n) is 2.38. The van der Waals surface area contributed by atoms with Crippen molar-refractivity contribution in [1.82, 2.24) is 10.6 Å². The van der Waals surface area contributed by atoms with Crippen molar-refractivity contribution in [2.45, 2.75) is 19.6 Å². The van der Waals surface area contributed by atoms with Gasteiger partial charge in [-0.25, -0.2) is 0 Å².